The second kappa shape index (κ2) is 5.59. The van der Waals surface area contributed by atoms with E-state index >= 15 is 0 Å². The second-order valence-corrected chi connectivity index (χ2v) is 6.15. The van der Waals surface area contributed by atoms with Crippen LogP contribution in [0.2, 0.25) is 0 Å². The van der Waals surface area contributed by atoms with Crippen molar-refractivity contribution in [2.24, 2.45) is 13.0 Å². The Hall–Kier alpha value is -2.96. The normalized spacial score (nSPS) is 19.2. The van der Waals surface area contributed by atoms with Crippen molar-refractivity contribution in [1.82, 2.24) is 24.5 Å². The molecule has 2 aromatic heterocycles. The van der Waals surface area contributed by atoms with Gasteiger partial charge in [-0.25, -0.2) is 0 Å². The quantitative estimate of drug-likeness (QED) is 0.797. The molecule has 0 unspecified atom stereocenters. The number of aryl methyl sites for hydroxylation is 2. The van der Waals surface area contributed by atoms with Crippen LogP contribution in [-0.4, -0.2) is 30.5 Å². The Kier molecular flexibility index (Phi) is 3.41. The number of benzene rings is 1. The van der Waals surface area contributed by atoms with E-state index in [2.05, 4.69) is 20.6 Å². The Morgan fingerprint density at radius 2 is 2.17 bits per heavy atom. The Balaban J connectivity index is 1.52. The summed E-state index contributed by atoms with van der Waals surface area (Å²) in [5, 5.41) is 15.1. The summed E-state index contributed by atoms with van der Waals surface area (Å²) in [6, 6.07) is 7.68. The molecule has 122 valence electrons. The van der Waals surface area contributed by atoms with Gasteiger partial charge in [-0.1, -0.05) is 12.1 Å². The highest BCUT2D eigenvalue weighted by molar-refractivity contribution is 5.96. The first-order valence-electron chi connectivity index (χ1n) is 7.89. The van der Waals surface area contributed by atoms with Gasteiger partial charge in [0.1, 0.15) is 12.2 Å². The lowest BCUT2D eigenvalue weighted by Gasteiger charge is -2.12. The molecular weight excluding hydrogens is 304 g/mol. The number of carbonyl (C=O) groups is 1. The molecule has 0 radical (unpaired) electrons. The first-order valence-corrected chi connectivity index (χ1v) is 7.89. The molecule has 0 saturated heterocycles. The van der Waals surface area contributed by atoms with E-state index in [4.69, 9.17) is 0 Å². The number of amides is 1. The minimum Gasteiger partial charge on any atom is -0.324 e. The molecule has 7 heteroatoms. The summed E-state index contributed by atoms with van der Waals surface area (Å²) < 4.78 is 3.63. The van der Waals surface area contributed by atoms with Gasteiger partial charge in [0.25, 0.3) is 0 Å². The number of para-hydroxylation sites is 2. The maximum absolute atomic E-state index is 12.6. The van der Waals surface area contributed by atoms with Gasteiger partial charge in [0, 0.05) is 19.2 Å². The zero-order valence-corrected chi connectivity index (χ0v) is 13.5. The van der Waals surface area contributed by atoms with Crippen molar-refractivity contribution < 1.29 is 4.79 Å². The second-order valence-electron chi connectivity index (χ2n) is 6.15. The van der Waals surface area contributed by atoms with Gasteiger partial charge in [0.05, 0.1) is 17.6 Å². The smallest absolute Gasteiger partial charge is 0.228 e. The van der Waals surface area contributed by atoms with Crippen molar-refractivity contribution in [3.05, 3.63) is 54.4 Å². The van der Waals surface area contributed by atoms with E-state index < -0.39 is 0 Å². The Labute approximate surface area is 139 Å². The van der Waals surface area contributed by atoms with Crippen LogP contribution in [0, 0.1) is 12.8 Å². The number of nitrogens with one attached hydrogen (secondary N) is 1. The van der Waals surface area contributed by atoms with E-state index in [1.807, 2.05) is 55.2 Å². The summed E-state index contributed by atoms with van der Waals surface area (Å²) in [4.78, 5) is 12.6. The van der Waals surface area contributed by atoms with Gasteiger partial charge in [-0.3, -0.25) is 14.0 Å². The topological polar surface area (TPSA) is 77.6 Å². The van der Waals surface area contributed by atoms with Gasteiger partial charge < -0.3 is 5.32 Å². The number of rotatable bonds is 4. The van der Waals surface area contributed by atoms with Gasteiger partial charge in [0.15, 0.2) is 0 Å². The largest absolute Gasteiger partial charge is 0.324 e. The standard InChI is InChI=1S/C17H18N6O/c1-11-21-18-10-23(11)16-6-4-3-5-15(16)20-17(24)14-7-13(14)12-8-19-22(2)9-12/h3-6,8-10,13-14H,7H2,1-2H3,(H,20,24)/t13-,14+/m0/s1. The summed E-state index contributed by atoms with van der Waals surface area (Å²) in [5.41, 5.74) is 2.76. The first kappa shape index (κ1) is 14.6. The first-order chi connectivity index (χ1) is 11.6. The summed E-state index contributed by atoms with van der Waals surface area (Å²) in [5.74, 6) is 1.09. The van der Waals surface area contributed by atoms with Crippen LogP contribution in [0.5, 0.6) is 0 Å². The number of nitrogens with zero attached hydrogens (tertiary/aromatic N) is 5. The van der Waals surface area contributed by atoms with Gasteiger partial charge in [0.2, 0.25) is 5.91 Å². The third-order valence-electron chi connectivity index (χ3n) is 4.42. The molecule has 1 aliphatic rings. The lowest BCUT2D eigenvalue weighted by Crippen LogP contribution is -2.16. The molecule has 1 saturated carbocycles. The summed E-state index contributed by atoms with van der Waals surface area (Å²) in [7, 11) is 1.89. The fraction of sp³-hybridized carbons (Fsp3) is 0.294. The highest BCUT2D eigenvalue weighted by Crippen LogP contribution is 2.48. The lowest BCUT2D eigenvalue weighted by atomic mass is 10.2. The van der Waals surface area contributed by atoms with Gasteiger partial charge >= 0.3 is 0 Å². The molecule has 2 atom stereocenters. The maximum Gasteiger partial charge on any atom is 0.228 e. The fourth-order valence-electron chi connectivity index (χ4n) is 3.03. The summed E-state index contributed by atoms with van der Waals surface area (Å²) >= 11 is 0. The van der Waals surface area contributed by atoms with Gasteiger partial charge in [-0.2, -0.15) is 5.10 Å². The number of anilines is 1. The highest BCUT2D eigenvalue weighted by Gasteiger charge is 2.44. The monoisotopic (exact) mass is 322 g/mol. The molecule has 2 heterocycles. The average Bonchev–Trinajstić information content (AvgIpc) is 3.09. The molecule has 1 N–H and O–H groups in total. The zero-order valence-electron chi connectivity index (χ0n) is 13.5. The Morgan fingerprint density at radius 1 is 1.33 bits per heavy atom. The van der Waals surface area contributed by atoms with E-state index in [-0.39, 0.29) is 17.7 Å². The predicted octanol–water partition coefficient (Wildman–Crippen LogP) is 2.05. The predicted molar refractivity (Wildman–Crippen MR) is 88.8 cm³/mol. The number of hydrogen-bond donors (Lipinski definition) is 1. The summed E-state index contributed by atoms with van der Waals surface area (Å²) in [6.45, 7) is 1.88. The zero-order chi connectivity index (χ0) is 16.7. The van der Waals surface area contributed by atoms with Crippen molar-refractivity contribution in [3.8, 4) is 5.69 Å². The SMILES string of the molecule is Cc1nncn1-c1ccccc1NC(=O)[C@@H]1C[C@H]1c1cnn(C)c1. The Bertz CT molecular complexity index is 896. The molecule has 3 aromatic rings. The molecule has 0 aliphatic heterocycles. The average molecular weight is 322 g/mol. The molecule has 1 aliphatic carbocycles. The third-order valence-corrected chi connectivity index (χ3v) is 4.42. The van der Waals surface area contributed by atoms with Crippen molar-refractivity contribution >= 4 is 11.6 Å². The Morgan fingerprint density at radius 3 is 2.88 bits per heavy atom. The van der Waals surface area contributed by atoms with Crippen LogP contribution in [0.3, 0.4) is 0 Å². The molecule has 1 amide bonds. The van der Waals surface area contributed by atoms with Crippen molar-refractivity contribution in [2.75, 3.05) is 5.32 Å². The van der Waals surface area contributed by atoms with Crippen LogP contribution in [-0.2, 0) is 11.8 Å². The molecule has 0 bridgehead atoms. The number of aromatic nitrogens is 5. The lowest BCUT2D eigenvalue weighted by molar-refractivity contribution is -0.117. The van der Waals surface area contributed by atoms with E-state index in [9.17, 15) is 4.79 Å². The van der Waals surface area contributed by atoms with Crippen molar-refractivity contribution in [3.63, 3.8) is 0 Å². The molecule has 1 aromatic carbocycles. The van der Waals surface area contributed by atoms with Gasteiger partial charge in [-0.15, -0.1) is 10.2 Å². The van der Waals surface area contributed by atoms with Crippen LogP contribution < -0.4 is 5.32 Å². The minimum absolute atomic E-state index is 0.00395. The molecular formula is C17H18N6O. The minimum atomic E-state index is 0.00395. The molecule has 1 fully saturated rings. The molecule has 7 nitrogen and oxygen atoms in total. The van der Waals surface area contributed by atoms with Crippen LogP contribution in [0.1, 0.15) is 23.7 Å². The highest BCUT2D eigenvalue weighted by atomic mass is 16.2. The maximum atomic E-state index is 12.6. The van der Waals surface area contributed by atoms with Crippen LogP contribution >= 0.6 is 0 Å². The number of hydrogen-bond acceptors (Lipinski definition) is 4. The summed E-state index contributed by atoms with van der Waals surface area (Å²) in [6.07, 6.45) is 6.33. The molecule has 24 heavy (non-hydrogen) atoms. The van der Waals surface area contributed by atoms with Crippen LogP contribution in [0.25, 0.3) is 5.69 Å². The van der Waals surface area contributed by atoms with Crippen molar-refractivity contribution in [1.29, 1.82) is 0 Å². The fourth-order valence-corrected chi connectivity index (χ4v) is 3.03. The molecule has 0 spiro atoms. The molecule has 4 rings (SSSR count). The van der Waals surface area contributed by atoms with Crippen molar-refractivity contribution in [2.45, 2.75) is 19.3 Å². The van der Waals surface area contributed by atoms with Gasteiger partial charge in [-0.05, 0) is 37.0 Å². The van der Waals surface area contributed by atoms with E-state index in [0.717, 1.165) is 29.2 Å². The van der Waals surface area contributed by atoms with E-state index in [1.54, 1.807) is 11.0 Å². The van der Waals surface area contributed by atoms with Crippen LogP contribution in [0.4, 0.5) is 5.69 Å². The van der Waals surface area contributed by atoms with E-state index in [0.29, 0.717) is 0 Å². The third kappa shape index (κ3) is 2.58. The van der Waals surface area contributed by atoms with Crippen LogP contribution in [0.15, 0.2) is 43.0 Å². The van der Waals surface area contributed by atoms with E-state index in [1.165, 1.54) is 0 Å². The number of carbonyl (C=O) groups excluding carboxylic acids is 1.